The topological polar surface area (TPSA) is 66.6 Å². The van der Waals surface area contributed by atoms with Crippen LogP contribution in [0.4, 0.5) is 5.69 Å². The molecule has 1 aliphatic heterocycles. The van der Waals surface area contributed by atoms with Gasteiger partial charge in [-0.1, -0.05) is 24.3 Å². The van der Waals surface area contributed by atoms with Crippen LogP contribution in [-0.2, 0) is 4.79 Å². The van der Waals surface area contributed by atoms with Crippen LogP contribution in [0.1, 0.15) is 15.9 Å². The fraction of sp³-hybridized carbons (Fsp3) is 0.300. The molecule has 0 aromatic heterocycles. The van der Waals surface area contributed by atoms with E-state index in [2.05, 4.69) is 36.1 Å². The molecule has 1 aliphatic rings. The lowest BCUT2D eigenvalue weighted by Gasteiger charge is -2.36. The van der Waals surface area contributed by atoms with Crippen molar-refractivity contribution < 1.29 is 9.59 Å². The van der Waals surface area contributed by atoms with Crippen molar-refractivity contribution in [2.45, 2.75) is 11.8 Å². The Hall–Kier alpha value is -2.47. The molecule has 2 amide bonds. The zero-order chi connectivity index (χ0) is 18.5. The molecule has 0 saturated carbocycles. The number of carbonyl (C=O) groups is 2. The molecule has 0 spiro atoms. The summed E-state index contributed by atoms with van der Waals surface area (Å²) in [7, 11) is 0. The van der Waals surface area contributed by atoms with Gasteiger partial charge in [-0.05, 0) is 36.8 Å². The average molecular weight is 369 g/mol. The minimum absolute atomic E-state index is 0.0152. The van der Waals surface area contributed by atoms with Gasteiger partial charge in [0.1, 0.15) is 0 Å². The largest absolute Gasteiger partial charge is 0.369 e. The van der Waals surface area contributed by atoms with Crippen molar-refractivity contribution in [3.63, 3.8) is 0 Å². The van der Waals surface area contributed by atoms with Crippen molar-refractivity contribution in [2.24, 2.45) is 5.73 Å². The van der Waals surface area contributed by atoms with E-state index in [9.17, 15) is 9.59 Å². The number of carbonyl (C=O) groups excluding carboxylic acids is 2. The third kappa shape index (κ3) is 4.38. The van der Waals surface area contributed by atoms with Gasteiger partial charge in [0.15, 0.2) is 0 Å². The minimum Gasteiger partial charge on any atom is -0.369 e. The Morgan fingerprint density at radius 3 is 2.46 bits per heavy atom. The number of aryl methyl sites for hydroxylation is 1. The van der Waals surface area contributed by atoms with Gasteiger partial charge in [-0.25, -0.2) is 0 Å². The Kier molecular flexibility index (Phi) is 5.83. The molecule has 0 atom stereocenters. The number of benzene rings is 2. The molecule has 1 fully saturated rings. The van der Waals surface area contributed by atoms with Gasteiger partial charge in [0.05, 0.1) is 11.3 Å². The van der Waals surface area contributed by atoms with Crippen LogP contribution in [0, 0.1) is 6.92 Å². The summed E-state index contributed by atoms with van der Waals surface area (Å²) >= 11 is 1.31. The molecule has 3 rings (SSSR count). The Balaban J connectivity index is 1.66. The number of amides is 2. The van der Waals surface area contributed by atoms with E-state index in [1.165, 1.54) is 23.0 Å². The number of anilines is 1. The Morgan fingerprint density at radius 2 is 1.77 bits per heavy atom. The van der Waals surface area contributed by atoms with Gasteiger partial charge < -0.3 is 15.5 Å². The lowest BCUT2D eigenvalue weighted by molar-refractivity contribution is -0.115. The van der Waals surface area contributed by atoms with E-state index in [4.69, 9.17) is 5.73 Å². The summed E-state index contributed by atoms with van der Waals surface area (Å²) in [5.74, 6) is -0.198. The molecular weight excluding hydrogens is 346 g/mol. The summed E-state index contributed by atoms with van der Waals surface area (Å²) in [6, 6.07) is 15.8. The van der Waals surface area contributed by atoms with Crippen molar-refractivity contribution in [1.29, 1.82) is 0 Å². The van der Waals surface area contributed by atoms with Gasteiger partial charge in [0.2, 0.25) is 5.91 Å². The summed E-state index contributed by atoms with van der Waals surface area (Å²) < 4.78 is 0. The highest BCUT2D eigenvalue weighted by Crippen LogP contribution is 2.25. The average Bonchev–Trinajstić information content (AvgIpc) is 2.66. The first-order chi connectivity index (χ1) is 12.5. The molecule has 0 bridgehead atoms. The summed E-state index contributed by atoms with van der Waals surface area (Å²) in [6.07, 6.45) is 0. The second kappa shape index (κ2) is 8.27. The van der Waals surface area contributed by atoms with Gasteiger partial charge >= 0.3 is 0 Å². The molecule has 1 saturated heterocycles. The lowest BCUT2D eigenvalue weighted by Crippen LogP contribution is -2.48. The second-order valence-electron chi connectivity index (χ2n) is 6.37. The van der Waals surface area contributed by atoms with E-state index < -0.39 is 0 Å². The highest BCUT2D eigenvalue weighted by Gasteiger charge is 2.24. The minimum atomic E-state index is -0.385. The maximum atomic E-state index is 12.9. The Morgan fingerprint density at radius 1 is 1.04 bits per heavy atom. The fourth-order valence-electron chi connectivity index (χ4n) is 3.08. The first-order valence-corrected chi connectivity index (χ1v) is 9.64. The van der Waals surface area contributed by atoms with Crippen molar-refractivity contribution in [2.75, 3.05) is 36.8 Å². The van der Waals surface area contributed by atoms with Crippen LogP contribution in [0.15, 0.2) is 53.4 Å². The van der Waals surface area contributed by atoms with Crippen LogP contribution >= 0.6 is 11.8 Å². The van der Waals surface area contributed by atoms with Gasteiger partial charge in [-0.15, -0.1) is 11.8 Å². The van der Waals surface area contributed by atoms with E-state index in [1.54, 1.807) is 0 Å². The van der Waals surface area contributed by atoms with E-state index in [-0.39, 0.29) is 17.6 Å². The SMILES string of the molecule is Cc1cccc(N2CCN(C(=O)c3ccccc3SCC(N)=O)CC2)c1. The highest BCUT2D eigenvalue weighted by molar-refractivity contribution is 8.00. The smallest absolute Gasteiger partial charge is 0.255 e. The van der Waals surface area contributed by atoms with Crippen LogP contribution in [0.3, 0.4) is 0 Å². The van der Waals surface area contributed by atoms with Crippen LogP contribution in [0.2, 0.25) is 0 Å². The van der Waals surface area contributed by atoms with Crippen molar-refractivity contribution in [3.05, 3.63) is 59.7 Å². The first-order valence-electron chi connectivity index (χ1n) is 8.65. The predicted octanol–water partition coefficient (Wildman–Crippen LogP) is 2.53. The number of piperazine rings is 1. The molecule has 2 aromatic carbocycles. The molecular formula is C20H23N3O2S. The third-order valence-corrected chi connectivity index (χ3v) is 5.52. The summed E-state index contributed by atoms with van der Waals surface area (Å²) in [6.45, 7) is 5.07. The number of primary amides is 1. The number of hydrogen-bond donors (Lipinski definition) is 1. The first kappa shape index (κ1) is 18.3. The maximum absolute atomic E-state index is 12.9. The number of hydrogen-bond acceptors (Lipinski definition) is 4. The van der Waals surface area contributed by atoms with Crippen LogP contribution in [0.5, 0.6) is 0 Å². The summed E-state index contributed by atoms with van der Waals surface area (Å²) in [5.41, 5.74) is 8.31. The zero-order valence-electron chi connectivity index (χ0n) is 14.9. The molecule has 0 unspecified atom stereocenters. The Bertz CT molecular complexity index is 801. The third-order valence-electron chi connectivity index (χ3n) is 4.42. The van der Waals surface area contributed by atoms with E-state index in [1.807, 2.05) is 29.2 Å². The number of rotatable bonds is 5. The van der Waals surface area contributed by atoms with E-state index >= 15 is 0 Å². The van der Waals surface area contributed by atoms with Crippen LogP contribution < -0.4 is 10.6 Å². The van der Waals surface area contributed by atoms with Gasteiger partial charge in [-0.3, -0.25) is 9.59 Å². The monoisotopic (exact) mass is 369 g/mol. The Labute approximate surface area is 158 Å². The van der Waals surface area contributed by atoms with Gasteiger partial charge in [0.25, 0.3) is 5.91 Å². The van der Waals surface area contributed by atoms with Gasteiger partial charge in [0, 0.05) is 36.8 Å². The van der Waals surface area contributed by atoms with Gasteiger partial charge in [-0.2, -0.15) is 0 Å². The molecule has 6 heteroatoms. The maximum Gasteiger partial charge on any atom is 0.255 e. The molecule has 136 valence electrons. The standard InChI is InChI=1S/C20H23N3O2S/c1-15-5-4-6-16(13-15)22-9-11-23(12-10-22)20(25)17-7-2-3-8-18(17)26-14-19(21)24/h2-8,13H,9-12,14H2,1H3,(H2,21,24). The number of nitrogens with zero attached hydrogens (tertiary/aromatic N) is 2. The molecule has 0 aliphatic carbocycles. The molecule has 1 heterocycles. The molecule has 2 aromatic rings. The zero-order valence-corrected chi connectivity index (χ0v) is 15.7. The lowest BCUT2D eigenvalue weighted by atomic mass is 10.1. The summed E-state index contributed by atoms with van der Waals surface area (Å²) in [4.78, 5) is 29.0. The predicted molar refractivity (Wildman–Crippen MR) is 106 cm³/mol. The molecule has 26 heavy (non-hydrogen) atoms. The second-order valence-corrected chi connectivity index (χ2v) is 7.39. The van der Waals surface area contributed by atoms with Crippen LogP contribution in [-0.4, -0.2) is 48.6 Å². The summed E-state index contributed by atoms with van der Waals surface area (Å²) in [5, 5.41) is 0. The van der Waals surface area contributed by atoms with Crippen LogP contribution in [0.25, 0.3) is 0 Å². The normalized spacial score (nSPS) is 14.3. The fourth-order valence-corrected chi connectivity index (χ4v) is 3.86. The van der Waals surface area contributed by atoms with E-state index in [0.29, 0.717) is 18.7 Å². The molecule has 0 radical (unpaired) electrons. The van der Waals surface area contributed by atoms with Crippen molar-refractivity contribution in [1.82, 2.24) is 4.90 Å². The molecule has 5 nitrogen and oxygen atoms in total. The van der Waals surface area contributed by atoms with Crippen molar-refractivity contribution in [3.8, 4) is 0 Å². The quantitative estimate of drug-likeness (QED) is 0.823. The molecule has 2 N–H and O–H groups in total. The number of nitrogens with two attached hydrogens (primary N) is 1. The van der Waals surface area contributed by atoms with Crippen molar-refractivity contribution >= 4 is 29.3 Å². The number of thioether (sulfide) groups is 1. The highest BCUT2D eigenvalue weighted by atomic mass is 32.2. The van der Waals surface area contributed by atoms with E-state index in [0.717, 1.165) is 18.0 Å².